The highest BCUT2D eigenvalue weighted by Crippen LogP contribution is 2.25. The van der Waals surface area contributed by atoms with Gasteiger partial charge in [-0.15, -0.1) is 0 Å². The van der Waals surface area contributed by atoms with Crippen molar-refractivity contribution in [2.75, 3.05) is 19.8 Å². The maximum Gasteiger partial charge on any atom is 0.251 e. The first-order chi connectivity index (χ1) is 13.0. The summed E-state index contributed by atoms with van der Waals surface area (Å²) in [6.07, 6.45) is 3.10. The number of halogens is 1. The lowest BCUT2D eigenvalue weighted by Crippen LogP contribution is -2.24. The SMILES string of the molecule is CC(=O)c1ccc(F)c(-c2ccc(C(=O)NCCCC3CCOC3)cc2)c1. The first-order valence-electron chi connectivity index (χ1n) is 9.31. The number of amides is 1. The minimum atomic E-state index is -0.395. The Morgan fingerprint density at radius 2 is 1.89 bits per heavy atom. The van der Waals surface area contributed by atoms with Gasteiger partial charge in [-0.05, 0) is 68.0 Å². The molecule has 1 aliphatic rings. The van der Waals surface area contributed by atoms with Crippen molar-refractivity contribution in [2.45, 2.75) is 26.2 Å². The van der Waals surface area contributed by atoms with E-state index < -0.39 is 5.82 Å². The molecule has 142 valence electrons. The third-order valence-electron chi connectivity index (χ3n) is 4.93. The summed E-state index contributed by atoms with van der Waals surface area (Å²) in [5, 5.41) is 2.92. The quantitative estimate of drug-likeness (QED) is 0.587. The molecule has 4 nitrogen and oxygen atoms in total. The van der Waals surface area contributed by atoms with Crippen LogP contribution in [0.4, 0.5) is 4.39 Å². The summed E-state index contributed by atoms with van der Waals surface area (Å²) in [5.74, 6) is -0.0338. The highest BCUT2D eigenvalue weighted by molar-refractivity contribution is 5.96. The fourth-order valence-electron chi connectivity index (χ4n) is 3.27. The first kappa shape index (κ1) is 19.2. The van der Waals surface area contributed by atoms with Crippen LogP contribution in [0.5, 0.6) is 0 Å². The lowest BCUT2D eigenvalue weighted by atomic mass is 9.99. The molecule has 1 aliphatic heterocycles. The number of nitrogens with one attached hydrogen (secondary N) is 1. The fraction of sp³-hybridized carbons (Fsp3) is 0.364. The second-order valence-corrected chi connectivity index (χ2v) is 6.96. The summed E-state index contributed by atoms with van der Waals surface area (Å²) < 4.78 is 19.5. The molecule has 2 aromatic rings. The van der Waals surface area contributed by atoms with Crippen molar-refractivity contribution >= 4 is 11.7 Å². The van der Waals surface area contributed by atoms with E-state index >= 15 is 0 Å². The number of carbonyl (C=O) groups excluding carboxylic acids is 2. The maximum atomic E-state index is 14.1. The van der Waals surface area contributed by atoms with E-state index in [1.807, 2.05) is 0 Å². The van der Waals surface area contributed by atoms with Crippen LogP contribution in [0.25, 0.3) is 11.1 Å². The van der Waals surface area contributed by atoms with Gasteiger partial charge in [-0.3, -0.25) is 9.59 Å². The van der Waals surface area contributed by atoms with Gasteiger partial charge in [0.2, 0.25) is 0 Å². The molecule has 1 atom stereocenters. The van der Waals surface area contributed by atoms with E-state index in [0.717, 1.165) is 32.5 Å². The number of rotatable bonds is 7. The van der Waals surface area contributed by atoms with Crippen LogP contribution in [-0.4, -0.2) is 31.4 Å². The Hall–Kier alpha value is -2.53. The van der Waals surface area contributed by atoms with Gasteiger partial charge in [0.25, 0.3) is 5.91 Å². The minimum Gasteiger partial charge on any atom is -0.381 e. The van der Waals surface area contributed by atoms with Crippen molar-refractivity contribution in [1.29, 1.82) is 0 Å². The van der Waals surface area contributed by atoms with E-state index in [1.165, 1.54) is 19.1 Å². The molecule has 0 aliphatic carbocycles. The van der Waals surface area contributed by atoms with Crippen LogP contribution in [0, 0.1) is 11.7 Å². The van der Waals surface area contributed by atoms with Crippen molar-refractivity contribution in [3.8, 4) is 11.1 Å². The summed E-state index contributed by atoms with van der Waals surface area (Å²) >= 11 is 0. The molecule has 2 aromatic carbocycles. The molecule has 1 heterocycles. The van der Waals surface area contributed by atoms with Crippen LogP contribution < -0.4 is 5.32 Å². The molecule has 0 spiro atoms. The van der Waals surface area contributed by atoms with Crippen molar-refractivity contribution in [1.82, 2.24) is 5.32 Å². The monoisotopic (exact) mass is 369 g/mol. The average Bonchev–Trinajstić information content (AvgIpc) is 3.19. The van der Waals surface area contributed by atoms with E-state index in [0.29, 0.717) is 34.7 Å². The molecule has 0 bridgehead atoms. The molecule has 1 N–H and O–H groups in total. The number of carbonyl (C=O) groups is 2. The van der Waals surface area contributed by atoms with E-state index in [-0.39, 0.29) is 11.7 Å². The number of hydrogen-bond donors (Lipinski definition) is 1. The molecule has 27 heavy (non-hydrogen) atoms. The van der Waals surface area contributed by atoms with Gasteiger partial charge in [-0.25, -0.2) is 4.39 Å². The third kappa shape index (κ3) is 5.01. The summed E-state index contributed by atoms with van der Waals surface area (Å²) in [6, 6.07) is 11.1. The van der Waals surface area contributed by atoms with Crippen LogP contribution >= 0.6 is 0 Å². The molecule has 0 radical (unpaired) electrons. The number of ether oxygens (including phenoxy) is 1. The summed E-state index contributed by atoms with van der Waals surface area (Å²) in [6.45, 7) is 3.76. The van der Waals surface area contributed by atoms with Gasteiger partial charge in [0.05, 0.1) is 0 Å². The molecule has 1 unspecified atom stereocenters. The summed E-state index contributed by atoms with van der Waals surface area (Å²) in [4.78, 5) is 23.8. The van der Waals surface area contributed by atoms with Gasteiger partial charge in [0.15, 0.2) is 5.78 Å². The smallest absolute Gasteiger partial charge is 0.251 e. The number of hydrogen-bond acceptors (Lipinski definition) is 3. The van der Waals surface area contributed by atoms with Crippen LogP contribution in [0.2, 0.25) is 0 Å². The predicted molar refractivity (Wildman–Crippen MR) is 102 cm³/mol. The predicted octanol–water partition coefficient (Wildman–Crippen LogP) is 4.24. The zero-order valence-corrected chi connectivity index (χ0v) is 15.5. The Labute approximate surface area is 158 Å². The Morgan fingerprint density at radius 3 is 2.56 bits per heavy atom. The zero-order chi connectivity index (χ0) is 19.2. The largest absolute Gasteiger partial charge is 0.381 e. The van der Waals surface area contributed by atoms with Crippen molar-refractivity contribution in [3.05, 3.63) is 59.4 Å². The molecule has 1 amide bonds. The van der Waals surface area contributed by atoms with Gasteiger partial charge in [-0.1, -0.05) is 12.1 Å². The van der Waals surface area contributed by atoms with Gasteiger partial charge in [-0.2, -0.15) is 0 Å². The molecular weight excluding hydrogens is 345 g/mol. The van der Waals surface area contributed by atoms with Crippen LogP contribution in [0.15, 0.2) is 42.5 Å². The number of benzene rings is 2. The Bertz CT molecular complexity index is 811. The Morgan fingerprint density at radius 1 is 1.15 bits per heavy atom. The number of Topliss-reactive ketones (excluding diaryl/α,β-unsaturated/α-hetero) is 1. The van der Waals surface area contributed by atoms with Crippen molar-refractivity contribution in [3.63, 3.8) is 0 Å². The Kier molecular flexibility index (Phi) is 6.35. The fourth-order valence-corrected chi connectivity index (χ4v) is 3.27. The van der Waals surface area contributed by atoms with E-state index in [1.54, 1.807) is 30.3 Å². The lowest BCUT2D eigenvalue weighted by Gasteiger charge is -2.09. The second-order valence-electron chi connectivity index (χ2n) is 6.96. The standard InChI is InChI=1S/C22H24FNO3/c1-15(25)19-8-9-21(23)20(13-19)17-4-6-18(7-5-17)22(26)24-11-2-3-16-10-12-27-14-16/h4-9,13,16H,2-3,10-12,14H2,1H3,(H,24,26). The van der Waals surface area contributed by atoms with Crippen LogP contribution in [0.3, 0.4) is 0 Å². The molecule has 5 heteroatoms. The normalized spacial score (nSPS) is 16.3. The van der Waals surface area contributed by atoms with Gasteiger partial charge in [0, 0.05) is 36.4 Å². The van der Waals surface area contributed by atoms with E-state index in [4.69, 9.17) is 4.74 Å². The average molecular weight is 369 g/mol. The van der Waals surface area contributed by atoms with Crippen molar-refractivity contribution in [2.24, 2.45) is 5.92 Å². The van der Waals surface area contributed by atoms with Gasteiger partial charge in [0.1, 0.15) is 5.82 Å². The molecular formula is C22H24FNO3. The minimum absolute atomic E-state index is 0.114. The second kappa shape index (κ2) is 8.91. The van der Waals surface area contributed by atoms with Crippen LogP contribution in [-0.2, 0) is 4.74 Å². The lowest BCUT2D eigenvalue weighted by molar-refractivity contribution is 0.0951. The highest BCUT2D eigenvalue weighted by Gasteiger charge is 2.15. The van der Waals surface area contributed by atoms with E-state index in [2.05, 4.69) is 5.32 Å². The molecule has 0 aromatic heterocycles. The Balaban J connectivity index is 1.58. The molecule has 3 rings (SSSR count). The summed E-state index contributed by atoms with van der Waals surface area (Å²) in [7, 11) is 0. The summed E-state index contributed by atoms with van der Waals surface area (Å²) in [5.41, 5.74) is 1.98. The van der Waals surface area contributed by atoms with Gasteiger partial charge >= 0.3 is 0 Å². The first-order valence-corrected chi connectivity index (χ1v) is 9.31. The number of ketones is 1. The van der Waals surface area contributed by atoms with Crippen molar-refractivity contribution < 1.29 is 18.7 Å². The maximum absolute atomic E-state index is 14.1. The van der Waals surface area contributed by atoms with Crippen LogP contribution in [0.1, 0.15) is 46.9 Å². The zero-order valence-electron chi connectivity index (χ0n) is 15.5. The van der Waals surface area contributed by atoms with E-state index in [9.17, 15) is 14.0 Å². The van der Waals surface area contributed by atoms with Gasteiger partial charge < -0.3 is 10.1 Å². The molecule has 1 saturated heterocycles. The molecule has 0 saturated carbocycles. The topological polar surface area (TPSA) is 55.4 Å². The molecule has 1 fully saturated rings. The highest BCUT2D eigenvalue weighted by atomic mass is 19.1. The third-order valence-corrected chi connectivity index (χ3v) is 4.93.